The summed E-state index contributed by atoms with van der Waals surface area (Å²) in [6, 6.07) is 8.65. The molecular weight excluding hydrogens is 242 g/mol. The molecule has 1 aliphatic carbocycles. The summed E-state index contributed by atoms with van der Waals surface area (Å²) in [4.78, 5) is 0. The standard InChI is InChI=1S/C11H13NO.BrH/c12-10-7-11(10)5-6-13-9-4-2-1-3-8(9)11;/h1-4,10H,5-7,12H2;1H/t10-,11-;/m1./s1. The van der Waals surface area contributed by atoms with Gasteiger partial charge in [0.05, 0.1) is 6.61 Å². The average Bonchev–Trinajstić information content (AvgIpc) is 2.79. The van der Waals surface area contributed by atoms with Gasteiger partial charge in [0.25, 0.3) is 0 Å². The molecule has 3 heteroatoms. The molecule has 3 rings (SSSR count). The Morgan fingerprint density at radius 1 is 1.36 bits per heavy atom. The first-order chi connectivity index (χ1) is 6.33. The van der Waals surface area contributed by atoms with Gasteiger partial charge in [-0.3, -0.25) is 0 Å². The van der Waals surface area contributed by atoms with Gasteiger partial charge < -0.3 is 10.5 Å². The van der Waals surface area contributed by atoms with E-state index in [1.54, 1.807) is 0 Å². The van der Waals surface area contributed by atoms with Crippen molar-refractivity contribution in [3.05, 3.63) is 29.8 Å². The van der Waals surface area contributed by atoms with E-state index >= 15 is 0 Å². The van der Waals surface area contributed by atoms with E-state index in [-0.39, 0.29) is 22.4 Å². The number of hydrogen-bond donors (Lipinski definition) is 1. The monoisotopic (exact) mass is 255 g/mol. The summed E-state index contributed by atoms with van der Waals surface area (Å²) >= 11 is 0. The molecule has 1 aromatic rings. The van der Waals surface area contributed by atoms with E-state index in [4.69, 9.17) is 10.5 Å². The number of para-hydroxylation sites is 1. The van der Waals surface area contributed by atoms with Gasteiger partial charge in [-0.25, -0.2) is 0 Å². The minimum Gasteiger partial charge on any atom is -0.493 e. The topological polar surface area (TPSA) is 35.2 Å². The average molecular weight is 256 g/mol. The number of fused-ring (bicyclic) bond motifs is 2. The zero-order valence-electron chi connectivity index (χ0n) is 7.90. The molecule has 0 radical (unpaired) electrons. The Hall–Kier alpha value is -0.540. The number of halogens is 1. The molecule has 1 aliphatic heterocycles. The van der Waals surface area contributed by atoms with E-state index in [1.165, 1.54) is 5.56 Å². The normalized spacial score (nSPS) is 32.8. The second-order valence-electron chi connectivity index (χ2n) is 4.06. The summed E-state index contributed by atoms with van der Waals surface area (Å²) < 4.78 is 5.59. The maximum absolute atomic E-state index is 5.99. The minimum atomic E-state index is 0. The molecule has 0 amide bonds. The highest BCUT2D eigenvalue weighted by Gasteiger charge is 2.55. The van der Waals surface area contributed by atoms with Crippen LogP contribution in [0.25, 0.3) is 0 Å². The number of nitrogens with two attached hydrogens (primary N) is 1. The Morgan fingerprint density at radius 3 is 2.79 bits per heavy atom. The van der Waals surface area contributed by atoms with Crippen LogP contribution in [0.1, 0.15) is 18.4 Å². The number of ether oxygens (including phenoxy) is 1. The quantitative estimate of drug-likeness (QED) is 0.770. The van der Waals surface area contributed by atoms with Crippen molar-refractivity contribution in [1.29, 1.82) is 0 Å². The fourth-order valence-corrected chi connectivity index (χ4v) is 2.41. The van der Waals surface area contributed by atoms with Gasteiger partial charge in [-0.05, 0) is 18.9 Å². The Morgan fingerprint density at radius 2 is 2.07 bits per heavy atom. The molecule has 1 fully saturated rings. The van der Waals surface area contributed by atoms with Gasteiger partial charge in [0.2, 0.25) is 0 Å². The lowest BCUT2D eigenvalue weighted by Crippen LogP contribution is -2.26. The number of hydrogen-bond acceptors (Lipinski definition) is 2. The molecule has 1 saturated carbocycles. The fourth-order valence-electron chi connectivity index (χ4n) is 2.41. The molecule has 1 spiro atoms. The van der Waals surface area contributed by atoms with Crippen LogP contribution in [0.4, 0.5) is 0 Å². The van der Waals surface area contributed by atoms with Crippen LogP contribution in [0.15, 0.2) is 24.3 Å². The van der Waals surface area contributed by atoms with Crippen LogP contribution in [-0.4, -0.2) is 12.6 Å². The molecule has 2 N–H and O–H groups in total. The van der Waals surface area contributed by atoms with E-state index < -0.39 is 0 Å². The van der Waals surface area contributed by atoms with Crippen molar-refractivity contribution in [2.24, 2.45) is 5.73 Å². The minimum absolute atomic E-state index is 0. The molecule has 76 valence electrons. The smallest absolute Gasteiger partial charge is 0.123 e. The van der Waals surface area contributed by atoms with E-state index in [9.17, 15) is 0 Å². The highest BCUT2D eigenvalue weighted by Crippen LogP contribution is 2.54. The van der Waals surface area contributed by atoms with E-state index in [0.717, 1.165) is 25.2 Å². The van der Waals surface area contributed by atoms with E-state index in [1.807, 2.05) is 12.1 Å². The van der Waals surface area contributed by atoms with Crippen molar-refractivity contribution in [3.8, 4) is 5.75 Å². The molecule has 1 heterocycles. The predicted octanol–water partition coefficient (Wildman–Crippen LogP) is 2.02. The van der Waals surface area contributed by atoms with Crippen LogP contribution in [0.3, 0.4) is 0 Å². The molecule has 0 unspecified atom stereocenters. The summed E-state index contributed by atoms with van der Waals surface area (Å²) in [5.74, 6) is 1.04. The van der Waals surface area contributed by atoms with Gasteiger partial charge in [0.1, 0.15) is 5.75 Å². The third kappa shape index (κ3) is 1.19. The summed E-state index contributed by atoms with van der Waals surface area (Å²) in [7, 11) is 0. The number of rotatable bonds is 0. The first-order valence-electron chi connectivity index (χ1n) is 4.81. The fraction of sp³-hybridized carbons (Fsp3) is 0.455. The maximum Gasteiger partial charge on any atom is 0.123 e. The molecule has 1 aromatic carbocycles. The third-order valence-corrected chi connectivity index (χ3v) is 3.36. The van der Waals surface area contributed by atoms with Gasteiger partial charge in [-0.1, -0.05) is 18.2 Å². The lowest BCUT2D eigenvalue weighted by atomic mass is 9.89. The van der Waals surface area contributed by atoms with E-state index in [2.05, 4.69) is 12.1 Å². The first kappa shape index (κ1) is 9.99. The lowest BCUT2D eigenvalue weighted by molar-refractivity contribution is 0.258. The van der Waals surface area contributed by atoms with Crippen LogP contribution in [0.5, 0.6) is 5.75 Å². The largest absolute Gasteiger partial charge is 0.493 e. The SMILES string of the molecule is Br.N[C@@H]1C[C@@]12CCOc1ccccc12. The summed E-state index contributed by atoms with van der Waals surface area (Å²) in [6.45, 7) is 0.824. The van der Waals surface area contributed by atoms with Crippen molar-refractivity contribution < 1.29 is 4.74 Å². The van der Waals surface area contributed by atoms with Crippen molar-refractivity contribution in [3.63, 3.8) is 0 Å². The lowest BCUT2D eigenvalue weighted by Gasteiger charge is -2.26. The zero-order chi connectivity index (χ0) is 8.89. The van der Waals surface area contributed by atoms with Gasteiger partial charge in [-0.2, -0.15) is 0 Å². The molecule has 0 bridgehead atoms. The summed E-state index contributed by atoms with van der Waals surface area (Å²) in [5, 5.41) is 0. The number of benzene rings is 1. The van der Waals surface area contributed by atoms with Crippen LogP contribution in [0, 0.1) is 0 Å². The highest BCUT2D eigenvalue weighted by molar-refractivity contribution is 8.93. The molecule has 0 saturated heterocycles. The summed E-state index contributed by atoms with van der Waals surface area (Å²) in [6.07, 6.45) is 2.22. The molecule has 14 heavy (non-hydrogen) atoms. The first-order valence-corrected chi connectivity index (χ1v) is 4.81. The Balaban J connectivity index is 0.000000750. The molecular formula is C11H14BrNO. The summed E-state index contributed by atoms with van der Waals surface area (Å²) in [5.41, 5.74) is 7.59. The second-order valence-corrected chi connectivity index (χ2v) is 4.06. The van der Waals surface area contributed by atoms with Crippen molar-refractivity contribution >= 4 is 17.0 Å². The van der Waals surface area contributed by atoms with Crippen LogP contribution in [0.2, 0.25) is 0 Å². The van der Waals surface area contributed by atoms with Crippen LogP contribution < -0.4 is 10.5 Å². The van der Waals surface area contributed by atoms with Gasteiger partial charge in [-0.15, -0.1) is 17.0 Å². The van der Waals surface area contributed by atoms with Crippen molar-refractivity contribution in [2.75, 3.05) is 6.61 Å². The Bertz CT molecular complexity index is 355. The Labute approximate surface area is 94.2 Å². The third-order valence-electron chi connectivity index (χ3n) is 3.36. The molecule has 0 aromatic heterocycles. The molecule has 2 nitrogen and oxygen atoms in total. The van der Waals surface area contributed by atoms with Gasteiger partial charge in [0, 0.05) is 17.0 Å². The Kier molecular flexibility index (Phi) is 2.32. The predicted molar refractivity (Wildman–Crippen MR) is 61.1 cm³/mol. The zero-order valence-corrected chi connectivity index (χ0v) is 9.61. The van der Waals surface area contributed by atoms with Crippen LogP contribution in [-0.2, 0) is 5.41 Å². The highest BCUT2D eigenvalue weighted by atomic mass is 79.9. The van der Waals surface area contributed by atoms with Crippen molar-refractivity contribution in [2.45, 2.75) is 24.3 Å². The van der Waals surface area contributed by atoms with Crippen molar-refractivity contribution in [1.82, 2.24) is 0 Å². The molecule has 2 atom stereocenters. The second kappa shape index (κ2) is 3.24. The van der Waals surface area contributed by atoms with Gasteiger partial charge in [0.15, 0.2) is 0 Å². The van der Waals surface area contributed by atoms with E-state index in [0.29, 0.717) is 6.04 Å². The molecule has 2 aliphatic rings. The maximum atomic E-state index is 5.99. The van der Waals surface area contributed by atoms with Crippen LogP contribution >= 0.6 is 17.0 Å². The van der Waals surface area contributed by atoms with Gasteiger partial charge >= 0.3 is 0 Å².